The quantitative estimate of drug-likeness (QED) is 0.597. The minimum Gasteiger partial charge on any atom is -0.394 e. The number of aryl methyl sites for hydroxylation is 1. The fraction of sp³-hybridized carbons (Fsp3) is 0.375. The SMILES string of the molecule is Cc1ncnc2c1c(-c1ncccn1)cn2[C@@H]1O[C@H](CO)[C@@H](O)[C@H]1O. The summed E-state index contributed by atoms with van der Waals surface area (Å²) in [5, 5.41) is 30.4. The highest BCUT2D eigenvalue weighted by Crippen LogP contribution is 2.36. The van der Waals surface area contributed by atoms with E-state index in [0.29, 0.717) is 17.0 Å². The van der Waals surface area contributed by atoms with Crippen LogP contribution >= 0.6 is 0 Å². The second kappa shape index (κ2) is 6.12. The smallest absolute Gasteiger partial charge is 0.164 e. The lowest BCUT2D eigenvalue weighted by molar-refractivity contribution is -0.0508. The van der Waals surface area contributed by atoms with E-state index in [0.717, 1.165) is 11.1 Å². The van der Waals surface area contributed by atoms with E-state index < -0.39 is 31.1 Å². The topological polar surface area (TPSA) is 126 Å². The lowest BCUT2D eigenvalue weighted by atomic mass is 10.1. The molecule has 0 bridgehead atoms. The molecular formula is C16H17N5O4. The standard InChI is InChI=1S/C16H17N5O4/c1-8-11-9(14-17-3-2-4-18-14)5-21(15(11)20-7-19-8)16-13(24)12(23)10(6-22)25-16/h2-5,7,10,12-13,16,22-24H,6H2,1H3/t10-,12-,13-,16-/m1/s1. The van der Waals surface area contributed by atoms with E-state index in [4.69, 9.17) is 4.74 Å². The van der Waals surface area contributed by atoms with Crippen LogP contribution in [0, 0.1) is 6.92 Å². The van der Waals surface area contributed by atoms with E-state index in [2.05, 4.69) is 19.9 Å². The Hall–Kier alpha value is -2.46. The van der Waals surface area contributed by atoms with Crippen molar-refractivity contribution in [3.63, 3.8) is 0 Å². The summed E-state index contributed by atoms with van der Waals surface area (Å²) in [6.45, 7) is 1.45. The summed E-state index contributed by atoms with van der Waals surface area (Å²) in [5.41, 5.74) is 1.97. The van der Waals surface area contributed by atoms with Crippen molar-refractivity contribution in [2.24, 2.45) is 0 Å². The first-order valence-corrected chi connectivity index (χ1v) is 7.83. The minimum absolute atomic E-state index is 0.392. The zero-order chi connectivity index (χ0) is 17.6. The number of hydrogen-bond acceptors (Lipinski definition) is 8. The number of aromatic nitrogens is 5. The molecule has 1 saturated heterocycles. The van der Waals surface area contributed by atoms with Crippen LogP contribution in [0.2, 0.25) is 0 Å². The number of nitrogens with zero attached hydrogens (tertiary/aromatic N) is 5. The lowest BCUT2D eigenvalue weighted by Crippen LogP contribution is -2.33. The molecule has 4 rings (SSSR count). The molecule has 130 valence electrons. The van der Waals surface area contributed by atoms with Crippen molar-refractivity contribution in [2.45, 2.75) is 31.5 Å². The second-order valence-corrected chi connectivity index (χ2v) is 5.91. The number of ether oxygens (including phenoxy) is 1. The monoisotopic (exact) mass is 343 g/mol. The van der Waals surface area contributed by atoms with E-state index in [9.17, 15) is 15.3 Å². The first-order chi connectivity index (χ1) is 12.1. The van der Waals surface area contributed by atoms with Crippen molar-refractivity contribution in [2.75, 3.05) is 6.61 Å². The van der Waals surface area contributed by atoms with Crippen LogP contribution in [0.25, 0.3) is 22.4 Å². The predicted molar refractivity (Wildman–Crippen MR) is 86.3 cm³/mol. The van der Waals surface area contributed by atoms with Crippen molar-refractivity contribution < 1.29 is 20.1 Å². The Morgan fingerprint density at radius 2 is 1.88 bits per heavy atom. The molecule has 1 aliphatic rings. The molecule has 0 unspecified atom stereocenters. The van der Waals surface area contributed by atoms with Gasteiger partial charge in [-0.15, -0.1) is 0 Å². The van der Waals surface area contributed by atoms with Crippen molar-refractivity contribution in [1.82, 2.24) is 24.5 Å². The van der Waals surface area contributed by atoms with Gasteiger partial charge in [0.2, 0.25) is 0 Å². The summed E-state index contributed by atoms with van der Waals surface area (Å²) in [4.78, 5) is 17.1. The van der Waals surface area contributed by atoms with Crippen LogP contribution in [0.4, 0.5) is 0 Å². The molecule has 1 fully saturated rings. The van der Waals surface area contributed by atoms with Gasteiger partial charge >= 0.3 is 0 Å². The average molecular weight is 343 g/mol. The van der Waals surface area contributed by atoms with Gasteiger partial charge in [-0.25, -0.2) is 19.9 Å². The first-order valence-electron chi connectivity index (χ1n) is 7.83. The number of aliphatic hydroxyl groups is 3. The zero-order valence-electron chi connectivity index (χ0n) is 13.4. The van der Waals surface area contributed by atoms with Crippen LogP contribution < -0.4 is 0 Å². The number of fused-ring (bicyclic) bond motifs is 1. The van der Waals surface area contributed by atoms with E-state index in [1.165, 1.54) is 6.33 Å². The molecule has 3 aromatic rings. The Morgan fingerprint density at radius 3 is 2.56 bits per heavy atom. The number of hydrogen-bond donors (Lipinski definition) is 3. The summed E-state index contributed by atoms with van der Waals surface area (Å²) < 4.78 is 7.25. The molecule has 1 aliphatic heterocycles. The molecule has 4 atom stereocenters. The molecule has 0 amide bonds. The highest BCUT2D eigenvalue weighted by Gasteiger charge is 2.44. The van der Waals surface area contributed by atoms with Crippen molar-refractivity contribution in [1.29, 1.82) is 0 Å². The molecule has 0 saturated carbocycles. The Labute approximate surface area is 142 Å². The molecule has 0 spiro atoms. The predicted octanol–water partition coefficient (Wildman–Crippen LogP) is -0.192. The van der Waals surface area contributed by atoms with Gasteiger partial charge in [0.1, 0.15) is 30.3 Å². The van der Waals surface area contributed by atoms with Gasteiger partial charge in [-0.05, 0) is 13.0 Å². The van der Waals surface area contributed by atoms with Crippen LogP contribution in [-0.4, -0.2) is 64.7 Å². The molecule has 3 aromatic heterocycles. The summed E-state index contributed by atoms with van der Waals surface area (Å²) in [6.07, 6.45) is 2.28. The van der Waals surface area contributed by atoms with Crippen LogP contribution in [0.3, 0.4) is 0 Å². The van der Waals surface area contributed by atoms with Crippen molar-refractivity contribution >= 4 is 11.0 Å². The van der Waals surface area contributed by atoms with Gasteiger partial charge in [0.25, 0.3) is 0 Å². The van der Waals surface area contributed by atoms with Crippen LogP contribution in [-0.2, 0) is 4.74 Å². The van der Waals surface area contributed by atoms with Crippen LogP contribution in [0.5, 0.6) is 0 Å². The molecule has 0 radical (unpaired) electrons. The third-order valence-electron chi connectivity index (χ3n) is 4.40. The third kappa shape index (κ3) is 2.48. The number of rotatable bonds is 3. The van der Waals surface area contributed by atoms with Gasteiger partial charge in [-0.3, -0.25) is 0 Å². The van der Waals surface area contributed by atoms with Crippen LogP contribution in [0.15, 0.2) is 31.0 Å². The average Bonchev–Trinajstić information content (AvgIpc) is 3.15. The fourth-order valence-corrected chi connectivity index (χ4v) is 3.15. The van der Waals surface area contributed by atoms with Gasteiger partial charge < -0.3 is 24.6 Å². The molecule has 4 heterocycles. The minimum atomic E-state index is -1.20. The zero-order valence-corrected chi connectivity index (χ0v) is 13.4. The lowest BCUT2D eigenvalue weighted by Gasteiger charge is -2.17. The maximum Gasteiger partial charge on any atom is 0.164 e. The fourth-order valence-electron chi connectivity index (χ4n) is 3.15. The summed E-state index contributed by atoms with van der Waals surface area (Å²) >= 11 is 0. The Balaban J connectivity index is 1.90. The second-order valence-electron chi connectivity index (χ2n) is 5.91. The van der Waals surface area contributed by atoms with E-state index >= 15 is 0 Å². The van der Waals surface area contributed by atoms with Crippen molar-refractivity contribution in [3.8, 4) is 11.4 Å². The Bertz CT molecular complexity index is 900. The summed E-state index contributed by atoms with van der Waals surface area (Å²) in [6, 6.07) is 1.72. The summed E-state index contributed by atoms with van der Waals surface area (Å²) in [5.74, 6) is 0.496. The third-order valence-corrected chi connectivity index (χ3v) is 4.40. The molecular weight excluding hydrogens is 326 g/mol. The van der Waals surface area contributed by atoms with Gasteiger partial charge in [-0.1, -0.05) is 0 Å². The molecule has 9 heteroatoms. The Morgan fingerprint density at radius 1 is 1.12 bits per heavy atom. The van der Waals surface area contributed by atoms with E-state index in [1.54, 1.807) is 29.2 Å². The van der Waals surface area contributed by atoms with E-state index in [-0.39, 0.29) is 0 Å². The first kappa shape index (κ1) is 16.0. The van der Waals surface area contributed by atoms with Gasteiger partial charge in [-0.2, -0.15) is 0 Å². The van der Waals surface area contributed by atoms with E-state index in [1.807, 2.05) is 6.92 Å². The van der Waals surface area contributed by atoms with Gasteiger partial charge in [0, 0.05) is 24.2 Å². The van der Waals surface area contributed by atoms with Crippen LogP contribution in [0.1, 0.15) is 11.9 Å². The van der Waals surface area contributed by atoms with Gasteiger partial charge in [0.15, 0.2) is 12.1 Å². The molecule has 0 aliphatic carbocycles. The summed E-state index contributed by atoms with van der Waals surface area (Å²) in [7, 11) is 0. The normalized spacial score (nSPS) is 26.4. The molecule has 25 heavy (non-hydrogen) atoms. The maximum atomic E-state index is 10.3. The number of aliphatic hydroxyl groups excluding tert-OH is 3. The van der Waals surface area contributed by atoms with Crippen molar-refractivity contribution in [3.05, 3.63) is 36.7 Å². The maximum absolute atomic E-state index is 10.3. The highest BCUT2D eigenvalue weighted by molar-refractivity contribution is 5.93. The largest absolute Gasteiger partial charge is 0.394 e. The van der Waals surface area contributed by atoms with Gasteiger partial charge in [0.05, 0.1) is 17.7 Å². The molecule has 3 N–H and O–H groups in total. The highest BCUT2D eigenvalue weighted by atomic mass is 16.6. The molecule has 0 aromatic carbocycles. The Kier molecular flexibility index (Phi) is 3.92. The molecule has 9 nitrogen and oxygen atoms in total.